The van der Waals surface area contributed by atoms with Gasteiger partial charge in [-0.25, -0.2) is 4.98 Å². The van der Waals surface area contributed by atoms with Gasteiger partial charge >= 0.3 is 0 Å². The van der Waals surface area contributed by atoms with Gasteiger partial charge in [0, 0.05) is 11.6 Å². The van der Waals surface area contributed by atoms with Crippen molar-refractivity contribution in [3.8, 4) is 0 Å². The molecule has 2 heterocycles. The molecular formula is C15H10ClNO2S. The number of para-hydroxylation sites is 1. The lowest BCUT2D eigenvalue weighted by Gasteiger charge is -1.98. The molecule has 20 heavy (non-hydrogen) atoms. The van der Waals surface area contributed by atoms with Gasteiger partial charge in [-0.1, -0.05) is 41.6 Å². The van der Waals surface area contributed by atoms with Crippen LogP contribution in [0, 0.1) is 0 Å². The topological polar surface area (TPSA) is 43.1 Å². The van der Waals surface area contributed by atoms with E-state index in [2.05, 4.69) is 4.98 Å². The van der Waals surface area contributed by atoms with Gasteiger partial charge in [0.2, 0.25) is 5.78 Å². The number of Topliss-reactive ketones (excluding diaryl/α,β-unsaturated/α-hetero) is 1. The standard InChI is InChI=1S/C15H10ClNO2S/c16-11-5-6-15(17-8-11)20-9-12(18)14-7-10-3-1-2-4-13(10)19-14/h1-8H,9H2. The van der Waals surface area contributed by atoms with E-state index in [-0.39, 0.29) is 11.5 Å². The number of benzene rings is 1. The molecule has 2 aromatic heterocycles. The van der Waals surface area contributed by atoms with E-state index in [1.165, 1.54) is 11.8 Å². The summed E-state index contributed by atoms with van der Waals surface area (Å²) >= 11 is 7.12. The summed E-state index contributed by atoms with van der Waals surface area (Å²) in [7, 11) is 0. The van der Waals surface area contributed by atoms with Gasteiger partial charge in [-0.05, 0) is 24.3 Å². The summed E-state index contributed by atoms with van der Waals surface area (Å²) < 4.78 is 5.53. The van der Waals surface area contributed by atoms with E-state index in [9.17, 15) is 4.79 Å². The van der Waals surface area contributed by atoms with Crippen LogP contribution in [-0.2, 0) is 0 Å². The Hall–Kier alpha value is -1.78. The number of pyridine rings is 1. The number of rotatable bonds is 4. The normalized spacial score (nSPS) is 10.8. The molecule has 0 saturated carbocycles. The number of thioether (sulfide) groups is 1. The Labute approximate surface area is 125 Å². The average Bonchev–Trinajstić information content (AvgIpc) is 2.90. The maximum absolute atomic E-state index is 12.1. The first-order chi connectivity index (χ1) is 9.72. The number of fused-ring (bicyclic) bond motifs is 1. The van der Waals surface area contributed by atoms with Gasteiger partial charge in [-0.2, -0.15) is 0 Å². The number of aromatic nitrogens is 1. The van der Waals surface area contributed by atoms with Crippen LogP contribution in [0.4, 0.5) is 0 Å². The average molecular weight is 304 g/mol. The number of carbonyl (C=O) groups excluding carboxylic acids is 1. The van der Waals surface area contributed by atoms with Crippen LogP contribution >= 0.6 is 23.4 Å². The van der Waals surface area contributed by atoms with E-state index in [4.69, 9.17) is 16.0 Å². The van der Waals surface area contributed by atoms with Crippen LogP contribution < -0.4 is 0 Å². The van der Waals surface area contributed by atoms with Gasteiger partial charge in [0.05, 0.1) is 15.8 Å². The molecule has 0 aliphatic carbocycles. The van der Waals surface area contributed by atoms with Gasteiger partial charge in [0.1, 0.15) is 5.58 Å². The molecule has 0 N–H and O–H groups in total. The van der Waals surface area contributed by atoms with E-state index in [1.54, 1.807) is 24.4 Å². The molecule has 3 aromatic rings. The second-order valence-electron chi connectivity index (χ2n) is 4.17. The van der Waals surface area contributed by atoms with Gasteiger partial charge in [0.25, 0.3) is 0 Å². The van der Waals surface area contributed by atoms with Crippen LogP contribution in [0.3, 0.4) is 0 Å². The number of hydrogen-bond donors (Lipinski definition) is 0. The highest BCUT2D eigenvalue weighted by molar-refractivity contribution is 7.99. The summed E-state index contributed by atoms with van der Waals surface area (Å²) in [6.07, 6.45) is 1.57. The number of halogens is 1. The molecule has 0 aliphatic rings. The number of furan rings is 1. The summed E-state index contributed by atoms with van der Waals surface area (Å²) in [6, 6.07) is 12.9. The van der Waals surface area contributed by atoms with Crippen molar-refractivity contribution >= 4 is 40.1 Å². The highest BCUT2D eigenvalue weighted by Crippen LogP contribution is 2.22. The molecule has 0 aliphatic heterocycles. The third-order valence-corrected chi connectivity index (χ3v) is 3.92. The van der Waals surface area contributed by atoms with Crippen LogP contribution in [0.25, 0.3) is 11.0 Å². The molecule has 100 valence electrons. The lowest BCUT2D eigenvalue weighted by molar-refractivity contribution is 0.0994. The van der Waals surface area contributed by atoms with Crippen LogP contribution in [0.1, 0.15) is 10.6 Å². The first-order valence-electron chi connectivity index (χ1n) is 5.98. The van der Waals surface area contributed by atoms with Crippen LogP contribution in [-0.4, -0.2) is 16.5 Å². The monoisotopic (exact) mass is 303 g/mol. The molecule has 0 saturated heterocycles. The fraction of sp³-hybridized carbons (Fsp3) is 0.0667. The van der Waals surface area contributed by atoms with Crippen molar-refractivity contribution in [3.63, 3.8) is 0 Å². The van der Waals surface area contributed by atoms with Crippen molar-refractivity contribution in [2.75, 3.05) is 5.75 Å². The second-order valence-corrected chi connectivity index (χ2v) is 5.61. The van der Waals surface area contributed by atoms with Crippen molar-refractivity contribution in [2.24, 2.45) is 0 Å². The highest BCUT2D eigenvalue weighted by atomic mass is 35.5. The Morgan fingerprint density at radius 2 is 2.10 bits per heavy atom. The van der Waals surface area contributed by atoms with Gasteiger partial charge in [0.15, 0.2) is 5.76 Å². The molecule has 0 amide bonds. The maximum Gasteiger partial charge on any atom is 0.208 e. The first-order valence-corrected chi connectivity index (χ1v) is 7.35. The van der Waals surface area contributed by atoms with Gasteiger partial charge in [-0.3, -0.25) is 4.79 Å². The summed E-state index contributed by atoms with van der Waals surface area (Å²) in [6.45, 7) is 0. The first kappa shape index (κ1) is 13.2. The molecule has 5 heteroatoms. The molecule has 0 unspecified atom stereocenters. The van der Waals surface area contributed by atoms with Gasteiger partial charge < -0.3 is 4.42 Å². The Morgan fingerprint density at radius 3 is 2.85 bits per heavy atom. The number of hydrogen-bond acceptors (Lipinski definition) is 4. The van der Waals surface area contributed by atoms with Gasteiger partial charge in [-0.15, -0.1) is 0 Å². The second kappa shape index (κ2) is 5.69. The van der Waals surface area contributed by atoms with E-state index >= 15 is 0 Å². The maximum atomic E-state index is 12.1. The zero-order valence-electron chi connectivity index (χ0n) is 10.4. The molecule has 0 bridgehead atoms. The Kier molecular flexibility index (Phi) is 3.76. The third kappa shape index (κ3) is 2.86. The van der Waals surface area contributed by atoms with Crippen LogP contribution in [0.5, 0.6) is 0 Å². The largest absolute Gasteiger partial charge is 0.453 e. The summed E-state index contributed by atoms with van der Waals surface area (Å²) in [5.41, 5.74) is 0.727. The quantitative estimate of drug-likeness (QED) is 0.527. The minimum atomic E-state index is -0.0528. The zero-order chi connectivity index (χ0) is 13.9. The molecule has 0 fully saturated rings. The number of carbonyl (C=O) groups is 1. The van der Waals surface area contributed by atoms with Crippen LogP contribution in [0.15, 0.2) is 58.1 Å². The Morgan fingerprint density at radius 1 is 1.25 bits per heavy atom. The van der Waals surface area contributed by atoms with Crippen molar-refractivity contribution in [1.82, 2.24) is 4.98 Å². The van der Waals surface area contributed by atoms with E-state index in [0.29, 0.717) is 10.8 Å². The Bertz CT molecular complexity index is 719. The Balaban J connectivity index is 1.71. The summed E-state index contributed by atoms with van der Waals surface area (Å²) in [5.74, 6) is 0.615. The molecule has 3 nitrogen and oxygen atoms in total. The lowest BCUT2D eigenvalue weighted by Crippen LogP contribution is -2.00. The van der Waals surface area contributed by atoms with Crippen molar-refractivity contribution in [2.45, 2.75) is 5.03 Å². The molecule has 0 radical (unpaired) electrons. The minimum Gasteiger partial charge on any atom is -0.453 e. The van der Waals surface area contributed by atoms with E-state index in [0.717, 1.165) is 16.0 Å². The molecule has 3 rings (SSSR count). The minimum absolute atomic E-state index is 0.0528. The predicted molar refractivity (Wildman–Crippen MR) is 80.5 cm³/mol. The number of ketones is 1. The summed E-state index contributed by atoms with van der Waals surface area (Å²) in [5, 5.41) is 2.28. The van der Waals surface area contributed by atoms with E-state index < -0.39 is 0 Å². The summed E-state index contributed by atoms with van der Waals surface area (Å²) in [4.78, 5) is 16.2. The third-order valence-electron chi connectivity index (χ3n) is 2.75. The SMILES string of the molecule is O=C(CSc1ccc(Cl)cn1)c1cc2ccccc2o1. The number of nitrogens with zero attached hydrogens (tertiary/aromatic N) is 1. The molecule has 0 atom stereocenters. The van der Waals surface area contributed by atoms with Crippen LogP contribution in [0.2, 0.25) is 5.02 Å². The molecule has 0 spiro atoms. The predicted octanol–water partition coefficient (Wildman–Crippen LogP) is 4.46. The zero-order valence-corrected chi connectivity index (χ0v) is 11.9. The molecule has 1 aromatic carbocycles. The van der Waals surface area contributed by atoms with Crippen molar-refractivity contribution in [1.29, 1.82) is 0 Å². The smallest absolute Gasteiger partial charge is 0.208 e. The van der Waals surface area contributed by atoms with E-state index in [1.807, 2.05) is 24.3 Å². The fourth-order valence-corrected chi connectivity index (χ4v) is 2.60. The molecular weight excluding hydrogens is 294 g/mol. The van der Waals surface area contributed by atoms with Crippen molar-refractivity contribution in [3.05, 3.63) is 59.4 Å². The highest BCUT2D eigenvalue weighted by Gasteiger charge is 2.12. The fourth-order valence-electron chi connectivity index (χ4n) is 1.78. The van der Waals surface area contributed by atoms with Crippen molar-refractivity contribution < 1.29 is 9.21 Å². The lowest BCUT2D eigenvalue weighted by atomic mass is 10.2.